The molecule has 23 heavy (non-hydrogen) atoms. The van der Waals surface area contributed by atoms with Crippen LogP contribution in [-0.2, 0) is 0 Å². The second kappa shape index (κ2) is 6.94. The van der Waals surface area contributed by atoms with Crippen molar-refractivity contribution in [1.29, 1.82) is 0 Å². The number of amides is 1. The maximum absolute atomic E-state index is 12.5. The summed E-state index contributed by atoms with van der Waals surface area (Å²) in [5.74, 6) is -0.207. The van der Waals surface area contributed by atoms with Crippen molar-refractivity contribution in [3.63, 3.8) is 0 Å². The Morgan fingerprint density at radius 3 is 2.43 bits per heavy atom. The van der Waals surface area contributed by atoms with Crippen LogP contribution in [0.5, 0.6) is 0 Å². The van der Waals surface area contributed by atoms with Crippen LogP contribution in [0.2, 0.25) is 0 Å². The lowest BCUT2D eigenvalue weighted by atomic mass is 10.1. The molecule has 1 heterocycles. The van der Waals surface area contributed by atoms with Gasteiger partial charge in [0.15, 0.2) is 0 Å². The minimum atomic E-state index is -0.418. The minimum absolute atomic E-state index is 0.146. The Hall–Kier alpha value is -2.85. The van der Waals surface area contributed by atoms with E-state index in [1.807, 2.05) is 77.6 Å². The lowest BCUT2D eigenvalue weighted by Gasteiger charge is -2.17. The molecule has 0 aliphatic carbocycles. The third-order valence-corrected chi connectivity index (χ3v) is 3.70. The van der Waals surface area contributed by atoms with Gasteiger partial charge in [-0.15, -0.1) is 0 Å². The molecule has 0 bridgehead atoms. The van der Waals surface area contributed by atoms with E-state index in [4.69, 9.17) is 0 Å². The van der Waals surface area contributed by atoms with Crippen molar-refractivity contribution in [2.24, 2.45) is 0 Å². The first kappa shape index (κ1) is 15.1. The highest BCUT2D eigenvalue weighted by molar-refractivity contribution is 5.95. The third-order valence-electron chi connectivity index (χ3n) is 3.70. The molecule has 3 aromatic rings. The number of benzene rings is 2. The number of nitrogens with one attached hydrogen (secondary N) is 1. The van der Waals surface area contributed by atoms with Crippen LogP contribution >= 0.6 is 0 Å². The molecule has 1 aromatic heterocycles. The van der Waals surface area contributed by atoms with Crippen LogP contribution < -0.4 is 5.32 Å². The van der Waals surface area contributed by atoms with E-state index in [-0.39, 0.29) is 12.5 Å². The summed E-state index contributed by atoms with van der Waals surface area (Å²) in [6.45, 7) is -0.146. The van der Waals surface area contributed by atoms with Crippen LogP contribution in [0.3, 0.4) is 0 Å². The van der Waals surface area contributed by atoms with Crippen LogP contribution in [0.4, 0.5) is 0 Å². The number of aliphatic hydroxyl groups is 1. The zero-order valence-corrected chi connectivity index (χ0v) is 12.6. The van der Waals surface area contributed by atoms with Crippen LogP contribution in [0.25, 0.3) is 5.69 Å². The van der Waals surface area contributed by atoms with E-state index in [1.54, 1.807) is 6.07 Å². The van der Waals surface area contributed by atoms with E-state index in [9.17, 15) is 9.90 Å². The average molecular weight is 306 g/mol. The average Bonchev–Trinajstić information content (AvgIpc) is 3.15. The van der Waals surface area contributed by atoms with Crippen molar-refractivity contribution in [2.45, 2.75) is 6.04 Å². The molecule has 1 amide bonds. The van der Waals surface area contributed by atoms with Crippen molar-refractivity contribution in [3.05, 3.63) is 90.3 Å². The van der Waals surface area contributed by atoms with Gasteiger partial charge in [-0.05, 0) is 35.9 Å². The summed E-state index contributed by atoms with van der Waals surface area (Å²) in [5.41, 5.74) is 2.36. The Bertz CT molecular complexity index is 767. The first-order valence-corrected chi connectivity index (χ1v) is 7.48. The maximum atomic E-state index is 12.5. The summed E-state index contributed by atoms with van der Waals surface area (Å²) in [7, 11) is 0. The predicted molar refractivity (Wildman–Crippen MR) is 89.5 cm³/mol. The second-order valence-corrected chi connectivity index (χ2v) is 5.26. The summed E-state index contributed by atoms with van der Waals surface area (Å²) in [6.07, 6.45) is 3.86. The maximum Gasteiger partial charge on any atom is 0.251 e. The van der Waals surface area contributed by atoms with E-state index < -0.39 is 6.04 Å². The number of hydrogen-bond donors (Lipinski definition) is 2. The van der Waals surface area contributed by atoms with Crippen molar-refractivity contribution in [1.82, 2.24) is 9.88 Å². The molecule has 2 aromatic carbocycles. The van der Waals surface area contributed by atoms with E-state index >= 15 is 0 Å². The molecule has 0 saturated carbocycles. The number of hydrogen-bond acceptors (Lipinski definition) is 2. The first-order valence-electron chi connectivity index (χ1n) is 7.48. The summed E-state index contributed by atoms with van der Waals surface area (Å²) < 4.78 is 1.94. The molecule has 1 atom stereocenters. The Labute approximate surface area is 135 Å². The van der Waals surface area contributed by atoms with Crippen molar-refractivity contribution in [3.8, 4) is 5.69 Å². The highest BCUT2D eigenvalue weighted by Crippen LogP contribution is 2.15. The van der Waals surface area contributed by atoms with Gasteiger partial charge >= 0.3 is 0 Å². The predicted octanol–water partition coefficient (Wildman–Crippen LogP) is 2.94. The monoisotopic (exact) mass is 306 g/mol. The van der Waals surface area contributed by atoms with Gasteiger partial charge in [-0.2, -0.15) is 0 Å². The Kier molecular flexibility index (Phi) is 4.54. The lowest BCUT2D eigenvalue weighted by Crippen LogP contribution is -2.30. The van der Waals surface area contributed by atoms with Crippen LogP contribution in [0.1, 0.15) is 22.0 Å². The Morgan fingerprint density at radius 2 is 1.74 bits per heavy atom. The molecule has 0 aliphatic rings. The van der Waals surface area contributed by atoms with Gasteiger partial charge in [-0.1, -0.05) is 36.4 Å². The van der Waals surface area contributed by atoms with Gasteiger partial charge in [-0.3, -0.25) is 4.79 Å². The van der Waals surface area contributed by atoms with Gasteiger partial charge in [0, 0.05) is 23.6 Å². The minimum Gasteiger partial charge on any atom is -0.394 e. The van der Waals surface area contributed by atoms with Gasteiger partial charge in [0.25, 0.3) is 5.91 Å². The van der Waals surface area contributed by atoms with Crippen LogP contribution in [0, 0.1) is 0 Å². The van der Waals surface area contributed by atoms with Crippen LogP contribution in [0.15, 0.2) is 79.1 Å². The number of aliphatic hydroxyl groups excluding tert-OH is 1. The molecule has 4 heteroatoms. The Morgan fingerprint density at radius 1 is 1.00 bits per heavy atom. The van der Waals surface area contributed by atoms with Gasteiger partial charge in [-0.25, -0.2) is 0 Å². The number of aromatic nitrogens is 1. The SMILES string of the molecule is O=C(NC(CO)c1ccccc1)c1cccc(-n2cccc2)c1. The molecule has 1 unspecified atom stereocenters. The van der Waals surface area contributed by atoms with Gasteiger partial charge in [0.05, 0.1) is 12.6 Å². The molecule has 0 radical (unpaired) electrons. The first-order chi connectivity index (χ1) is 11.3. The smallest absolute Gasteiger partial charge is 0.251 e. The van der Waals surface area contributed by atoms with E-state index in [0.29, 0.717) is 5.56 Å². The molecule has 0 saturated heterocycles. The van der Waals surface area contributed by atoms with Crippen molar-refractivity contribution < 1.29 is 9.90 Å². The molecule has 4 nitrogen and oxygen atoms in total. The quantitative estimate of drug-likeness (QED) is 0.761. The van der Waals surface area contributed by atoms with Crippen LogP contribution in [-0.4, -0.2) is 22.2 Å². The van der Waals surface area contributed by atoms with E-state index in [2.05, 4.69) is 5.32 Å². The summed E-state index contributed by atoms with van der Waals surface area (Å²) in [6, 6.07) is 20.3. The molecular formula is C19H18N2O2. The fourth-order valence-corrected chi connectivity index (χ4v) is 2.48. The van der Waals surface area contributed by atoms with Gasteiger partial charge in [0.2, 0.25) is 0 Å². The van der Waals surface area contributed by atoms with E-state index in [0.717, 1.165) is 11.3 Å². The zero-order chi connectivity index (χ0) is 16.1. The highest BCUT2D eigenvalue weighted by Gasteiger charge is 2.15. The lowest BCUT2D eigenvalue weighted by molar-refractivity contribution is 0.0916. The molecule has 116 valence electrons. The molecular weight excluding hydrogens is 288 g/mol. The normalized spacial score (nSPS) is 11.9. The van der Waals surface area contributed by atoms with Gasteiger partial charge in [0.1, 0.15) is 0 Å². The molecule has 0 fully saturated rings. The molecule has 0 aliphatic heterocycles. The number of carbonyl (C=O) groups is 1. The fourth-order valence-electron chi connectivity index (χ4n) is 2.48. The molecule has 3 rings (SSSR count). The highest BCUT2D eigenvalue weighted by atomic mass is 16.3. The third kappa shape index (κ3) is 3.49. The molecule has 0 spiro atoms. The standard InChI is InChI=1S/C19H18N2O2/c22-14-18(15-7-2-1-3-8-15)20-19(23)16-9-6-10-17(13-16)21-11-4-5-12-21/h1-13,18,22H,14H2,(H,20,23). The largest absolute Gasteiger partial charge is 0.394 e. The topological polar surface area (TPSA) is 54.3 Å². The van der Waals surface area contributed by atoms with E-state index in [1.165, 1.54) is 0 Å². The number of carbonyl (C=O) groups excluding carboxylic acids is 1. The van der Waals surface area contributed by atoms with Crippen molar-refractivity contribution >= 4 is 5.91 Å². The Balaban J connectivity index is 1.79. The second-order valence-electron chi connectivity index (χ2n) is 5.26. The zero-order valence-electron chi connectivity index (χ0n) is 12.6. The van der Waals surface area contributed by atoms with Crippen molar-refractivity contribution in [2.75, 3.05) is 6.61 Å². The van der Waals surface area contributed by atoms with Gasteiger partial charge < -0.3 is 15.0 Å². The summed E-state index contributed by atoms with van der Waals surface area (Å²) in [5, 5.41) is 12.4. The number of rotatable bonds is 5. The molecule has 2 N–H and O–H groups in total. The summed E-state index contributed by atoms with van der Waals surface area (Å²) >= 11 is 0. The number of nitrogens with zero attached hydrogens (tertiary/aromatic N) is 1. The summed E-state index contributed by atoms with van der Waals surface area (Å²) in [4.78, 5) is 12.5. The fraction of sp³-hybridized carbons (Fsp3) is 0.105.